The van der Waals surface area contributed by atoms with Crippen LogP contribution in [-0.4, -0.2) is 26.4 Å². The predicted octanol–water partition coefficient (Wildman–Crippen LogP) is 4.92. The van der Waals surface area contributed by atoms with Crippen LogP contribution in [0.5, 0.6) is 0 Å². The highest BCUT2D eigenvalue weighted by molar-refractivity contribution is 6.42. The van der Waals surface area contributed by atoms with Gasteiger partial charge in [0, 0.05) is 30.9 Å². The van der Waals surface area contributed by atoms with Gasteiger partial charge in [-0.25, -0.2) is 4.98 Å². The summed E-state index contributed by atoms with van der Waals surface area (Å²) < 4.78 is 2.09. The monoisotopic (exact) mass is 391 g/mol. The molecule has 2 saturated carbocycles. The van der Waals surface area contributed by atoms with Crippen LogP contribution < -0.4 is 0 Å². The van der Waals surface area contributed by atoms with Crippen molar-refractivity contribution < 1.29 is 4.79 Å². The molecule has 0 atom stereocenters. The molecule has 1 amide bonds. The van der Waals surface area contributed by atoms with E-state index in [0.29, 0.717) is 35.1 Å². The Morgan fingerprint density at radius 2 is 1.92 bits per heavy atom. The number of hydrogen-bond donors (Lipinski definition) is 0. The van der Waals surface area contributed by atoms with Crippen molar-refractivity contribution in [1.29, 1.82) is 0 Å². The molecule has 1 aromatic heterocycles. The van der Waals surface area contributed by atoms with Gasteiger partial charge < -0.3 is 9.47 Å². The molecule has 1 heterocycles. The van der Waals surface area contributed by atoms with E-state index in [1.807, 2.05) is 24.4 Å². The number of amides is 1. The molecule has 2 aliphatic carbocycles. The third-order valence-electron chi connectivity index (χ3n) is 5.43. The van der Waals surface area contributed by atoms with Gasteiger partial charge in [0.25, 0.3) is 0 Å². The van der Waals surface area contributed by atoms with E-state index in [2.05, 4.69) is 14.5 Å². The first-order valence-electron chi connectivity index (χ1n) is 9.36. The molecule has 0 radical (unpaired) electrons. The second-order valence-corrected chi connectivity index (χ2v) is 8.21. The smallest absolute Gasteiger partial charge is 0.226 e. The third kappa shape index (κ3) is 3.91. The van der Waals surface area contributed by atoms with Crippen LogP contribution in [0.1, 0.15) is 49.9 Å². The zero-order chi connectivity index (χ0) is 18.1. The average Bonchev–Trinajstić information content (AvgIpc) is 3.14. The number of halogens is 2. The van der Waals surface area contributed by atoms with Gasteiger partial charge in [0.05, 0.1) is 16.6 Å². The molecule has 0 spiro atoms. The highest BCUT2D eigenvalue weighted by atomic mass is 35.5. The maximum absolute atomic E-state index is 13.0. The fraction of sp³-hybridized carbons (Fsp3) is 0.500. The van der Waals surface area contributed by atoms with Crippen molar-refractivity contribution in [2.45, 2.75) is 57.7 Å². The number of rotatable bonds is 6. The lowest BCUT2D eigenvalue weighted by molar-refractivity contribution is -0.136. The quantitative estimate of drug-likeness (QED) is 0.700. The minimum absolute atomic E-state index is 0.217. The van der Waals surface area contributed by atoms with Crippen LogP contribution in [0.3, 0.4) is 0 Å². The first-order chi connectivity index (χ1) is 12.6. The largest absolute Gasteiger partial charge is 0.332 e. The van der Waals surface area contributed by atoms with Gasteiger partial charge in [-0.05, 0) is 43.4 Å². The Kier molecular flexibility index (Phi) is 5.23. The molecule has 2 aromatic rings. The number of benzene rings is 1. The fourth-order valence-electron chi connectivity index (χ4n) is 3.80. The first kappa shape index (κ1) is 17.9. The second-order valence-electron chi connectivity index (χ2n) is 7.40. The molecular weight excluding hydrogens is 369 g/mol. The standard InChI is InChI=1S/C20H23Cl2N3O/c21-17-8-5-14(11-18(17)22)12-24-10-9-23-19(24)13-25(16-6-7-16)20(26)15-3-1-2-4-15/h5,8-11,15-16H,1-4,6-7,12-13H2. The van der Waals surface area contributed by atoms with Crippen molar-refractivity contribution in [3.8, 4) is 0 Å². The van der Waals surface area contributed by atoms with Gasteiger partial charge in [0.15, 0.2) is 0 Å². The lowest BCUT2D eigenvalue weighted by Gasteiger charge is -2.25. The summed E-state index contributed by atoms with van der Waals surface area (Å²) in [6.45, 7) is 1.26. The summed E-state index contributed by atoms with van der Waals surface area (Å²) in [6, 6.07) is 6.07. The van der Waals surface area contributed by atoms with Crippen LogP contribution in [0.4, 0.5) is 0 Å². The SMILES string of the molecule is O=C(C1CCCC1)N(Cc1nccn1Cc1ccc(Cl)c(Cl)c1)C1CC1. The molecule has 0 bridgehead atoms. The molecule has 0 unspecified atom stereocenters. The minimum atomic E-state index is 0.217. The van der Waals surface area contributed by atoms with Crippen LogP contribution in [0, 0.1) is 5.92 Å². The number of carbonyl (C=O) groups excluding carboxylic acids is 1. The van der Waals surface area contributed by atoms with Gasteiger partial charge in [-0.2, -0.15) is 0 Å². The number of carbonyl (C=O) groups is 1. The van der Waals surface area contributed by atoms with E-state index >= 15 is 0 Å². The summed E-state index contributed by atoms with van der Waals surface area (Å²) in [5.74, 6) is 1.47. The van der Waals surface area contributed by atoms with E-state index in [9.17, 15) is 4.79 Å². The van der Waals surface area contributed by atoms with Crippen molar-refractivity contribution in [3.05, 3.63) is 52.0 Å². The first-order valence-corrected chi connectivity index (χ1v) is 10.1. The van der Waals surface area contributed by atoms with Gasteiger partial charge in [-0.3, -0.25) is 4.79 Å². The van der Waals surface area contributed by atoms with Crippen molar-refractivity contribution in [2.24, 2.45) is 5.92 Å². The zero-order valence-corrected chi connectivity index (χ0v) is 16.2. The fourth-order valence-corrected chi connectivity index (χ4v) is 4.12. The molecule has 2 aliphatic rings. The molecule has 0 saturated heterocycles. The summed E-state index contributed by atoms with van der Waals surface area (Å²) in [7, 11) is 0. The van der Waals surface area contributed by atoms with E-state index in [-0.39, 0.29) is 5.92 Å². The molecule has 2 fully saturated rings. The van der Waals surface area contributed by atoms with Crippen LogP contribution >= 0.6 is 23.2 Å². The molecule has 4 rings (SSSR count). The normalized spacial score (nSPS) is 17.6. The summed E-state index contributed by atoms with van der Waals surface area (Å²) in [4.78, 5) is 19.6. The zero-order valence-electron chi connectivity index (χ0n) is 14.7. The minimum Gasteiger partial charge on any atom is -0.332 e. The molecule has 0 N–H and O–H groups in total. The van der Waals surface area contributed by atoms with E-state index in [4.69, 9.17) is 23.2 Å². The third-order valence-corrected chi connectivity index (χ3v) is 6.16. The Morgan fingerprint density at radius 3 is 2.62 bits per heavy atom. The maximum Gasteiger partial charge on any atom is 0.226 e. The molecule has 138 valence electrons. The van der Waals surface area contributed by atoms with Gasteiger partial charge in [-0.15, -0.1) is 0 Å². The van der Waals surface area contributed by atoms with Crippen molar-refractivity contribution in [2.75, 3.05) is 0 Å². The van der Waals surface area contributed by atoms with Gasteiger partial charge >= 0.3 is 0 Å². The molecule has 26 heavy (non-hydrogen) atoms. The topological polar surface area (TPSA) is 38.1 Å². The van der Waals surface area contributed by atoms with E-state index in [0.717, 1.165) is 37.1 Å². The Bertz CT molecular complexity index is 794. The molecule has 0 aliphatic heterocycles. The van der Waals surface area contributed by atoms with Crippen LogP contribution in [0.2, 0.25) is 10.0 Å². The second kappa shape index (κ2) is 7.61. The van der Waals surface area contributed by atoms with E-state index in [1.54, 1.807) is 6.20 Å². The average molecular weight is 392 g/mol. The molecular formula is C20H23Cl2N3O. The lowest BCUT2D eigenvalue weighted by Crippen LogP contribution is -2.37. The summed E-state index contributed by atoms with van der Waals surface area (Å²) in [5.41, 5.74) is 1.07. The van der Waals surface area contributed by atoms with E-state index < -0.39 is 0 Å². The highest BCUT2D eigenvalue weighted by Crippen LogP contribution is 2.34. The van der Waals surface area contributed by atoms with Crippen LogP contribution in [-0.2, 0) is 17.9 Å². The van der Waals surface area contributed by atoms with Crippen LogP contribution in [0.15, 0.2) is 30.6 Å². The summed E-state index contributed by atoms with van der Waals surface area (Å²) in [5, 5.41) is 1.12. The highest BCUT2D eigenvalue weighted by Gasteiger charge is 2.37. The number of aromatic nitrogens is 2. The van der Waals surface area contributed by atoms with Gasteiger partial charge in [0.1, 0.15) is 5.82 Å². The number of imidazole rings is 1. The van der Waals surface area contributed by atoms with Crippen LogP contribution in [0.25, 0.3) is 0 Å². The summed E-state index contributed by atoms with van der Waals surface area (Å²) in [6.07, 6.45) is 10.4. The Labute approximate surface area is 164 Å². The van der Waals surface area contributed by atoms with Crippen molar-refractivity contribution >= 4 is 29.1 Å². The predicted molar refractivity (Wildman–Crippen MR) is 103 cm³/mol. The van der Waals surface area contributed by atoms with Crippen molar-refractivity contribution in [3.63, 3.8) is 0 Å². The van der Waals surface area contributed by atoms with Crippen molar-refractivity contribution in [1.82, 2.24) is 14.5 Å². The Hall–Kier alpha value is -1.52. The number of hydrogen-bond acceptors (Lipinski definition) is 2. The Balaban J connectivity index is 1.50. The maximum atomic E-state index is 13.0. The molecule has 4 nitrogen and oxygen atoms in total. The lowest BCUT2D eigenvalue weighted by atomic mass is 10.1. The molecule has 1 aromatic carbocycles. The molecule has 6 heteroatoms. The summed E-state index contributed by atoms with van der Waals surface area (Å²) >= 11 is 12.1. The van der Waals surface area contributed by atoms with Gasteiger partial charge in [0.2, 0.25) is 5.91 Å². The number of nitrogens with zero attached hydrogens (tertiary/aromatic N) is 3. The van der Waals surface area contributed by atoms with Gasteiger partial charge in [-0.1, -0.05) is 42.1 Å². The van der Waals surface area contributed by atoms with E-state index in [1.165, 1.54) is 12.8 Å². The Morgan fingerprint density at radius 1 is 1.15 bits per heavy atom.